The van der Waals surface area contributed by atoms with Crippen LogP contribution in [0.5, 0.6) is 0 Å². The molecule has 3 rings (SSSR count). The number of esters is 1. The van der Waals surface area contributed by atoms with E-state index in [0.29, 0.717) is 5.56 Å². The number of alkyl halides is 3. The molecule has 0 N–H and O–H groups in total. The summed E-state index contributed by atoms with van der Waals surface area (Å²) in [5.41, 5.74) is -2.37. The number of thioether (sulfide) groups is 1. The van der Waals surface area contributed by atoms with Gasteiger partial charge in [0.05, 0.1) is 22.9 Å². The van der Waals surface area contributed by atoms with Gasteiger partial charge < -0.3 is 4.74 Å². The SMILES string of the molecule is N#Cc1ccc(C(=O)OC2(C(F)(F)F)CSC(c3cccnc3)=N2)cc1. The Morgan fingerprint density at radius 3 is 2.58 bits per heavy atom. The van der Waals surface area contributed by atoms with Crippen LogP contribution in [0.15, 0.2) is 53.8 Å². The average Bonchev–Trinajstić information content (AvgIpc) is 3.08. The Kier molecular flexibility index (Phi) is 4.70. The Bertz CT molecular complexity index is 892. The van der Waals surface area contributed by atoms with Crippen molar-refractivity contribution in [3.63, 3.8) is 0 Å². The van der Waals surface area contributed by atoms with Crippen LogP contribution >= 0.6 is 11.8 Å². The standard InChI is InChI=1S/C17H10F3N3O2S/c18-17(19,20)16(10-26-14(23-16)13-2-1-7-22-9-13)25-15(24)12-5-3-11(8-21)4-6-12/h1-7,9H,10H2. The van der Waals surface area contributed by atoms with E-state index >= 15 is 0 Å². The zero-order valence-electron chi connectivity index (χ0n) is 13.0. The third-order valence-electron chi connectivity index (χ3n) is 3.55. The molecule has 0 radical (unpaired) electrons. The molecule has 1 unspecified atom stereocenters. The Morgan fingerprint density at radius 1 is 1.27 bits per heavy atom. The fourth-order valence-corrected chi connectivity index (χ4v) is 3.30. The number of halogens is 3. The molecule has 0 bridgehead atoms. The molecule has 1 aromatic carbocycles. The fraction of sp³-hybridized carbons (Fsp3) is 0.176. The number of rotatable bonds is 3. The minimum absolute atomic E-state index is 0.0948. The van der Waals surface area contributed by atoms with Gasteiger partial charge in [0.25, 0.3) is 0 Å². The quantitative estimate of drug-likeness (QED) is 0.765. The number of ether oxygens (including phenoxy) is 1. The topological polar surface area (TPSA) is 75.3 Å². The van der Waals surface area contributed by atoms with E-state index in [2.05, 4.69) is 9.98 Å². The van der Waals surface area contributed by atoms with Gasteiger partial charge in [0, 0.05) is 18.0 Å². The molecule has 0 amide bonds. The summed E-state index contributed by atoms with van der Waals surface area (Å²) in [7, 11) is 0. The van der Waals surface area contributed by atoms with Crippen molar-refractivity contribution < 1.29 is 22.7 Å². The Hall–Kier alpha value is -2.86. The number of carbonyl (C=O) groups is 1. The summed E-state index contributed by atoms with van der Waals surface area (Å²) in [6.07, 6.45) is -2.00. The van der Waals surface area contributed by atoms with Crippen LogP contribution < -0.4 is 0 Å². The number of hydrogen-bond acceptors (Lipinski definition) is 6. The first-order chi connectivity index (χ1) is 12.3. The summed E-state index contributed by atoms with van der Waals surface area (Å²) in [6, 6.07) is 10.1. The van der Waals surface area contributed by atoms with Crippen LogP contribution in [0.25, 0.3) is 0 Å². The number of hydrogen-bond donors (Lipinski definition) is 0. The molecule has 0 saturated carbocycles. The van der Waals surface area contributed by atoms with Crippen LogP contribution in [0.1, 0.15) is 21.5 Å². The van der Waals surface area contributed by atoms with Gasteiger partial charge in [-0.15, -0.1) is 0 Å². The van der Waals surface area contributed by atoms with Crippen molar-refractivity contribution in [3.05, 3.63) is 65.5 Å². The number of aromatic nitrogens is 1. The van der Waals surface area contributed by atoms with Gasteiger partial charge in [0.15, 0.2) is 0 Å². The van der Waals surface area contributed by atoms with Crippen LogP contribution in [0.3, 0.4) is 0 Å². The highest BCUT2D eigenvalue weighted by Gasteiger charge is 2.61. The summed E-state index contributed by atoms with van der Waals surface area (Å²) in [5.74, 6) is -1.74. The number of nitriles is 1. The van der Waals surface area contributed by atoms with Gasteiger partial charge in [-0.2, -0.15) is 18.4 Å². The molecule has 2 heterocycles. The molecule has 0 fully saturated rings. The molecule has 0 aliphatic carbocycles. The van der Waals surface area contributed by atoms with Gasteiger partial charge in [-0.3, -0.25) is 4.98 Å². The van der Waals surface area contributed by atoms with Crippen molar-refractivity contribution in [2.75, 3.05) is 5.75 Å². The molecular weight excluding hydrogens is 367 g/mol. The van der Waals surface area contributed by atoms with E-state index in [0.717, 1.165) is 11.8 Å². The van der Waals surface area contributed by atoms with E-state index in [9.17, 15) is 18.0 Å². The highest BCUT2D eigenvalue weighted by molar-refractivity contribution is 8.14. The molecule has 0 saturated heterocycles. The number of pyridine rings is 1. The van der Waals surface area contributed by atoms with Gasteiger partial charge in [-0.25, -0.2) is 9.79 Å². The molecule has 1 aromatic heterocycles. The van der Waals surface area contributed by atoms with E-state index in [-0.39, 0.29) is 16.2 Å². The maximum Gasteiger partial charge on any atom is 0.451 e. The van der Waals surface area contributed by atoms with Crippen molar-refractivity contribution in [2.24, 2.45) is 4.99 Å². The predicted octanol–water partition coefficient (Wildman–Crippen LogP) is 3.56. The van der Waals surface area contributed by atoms with Gasteiger partial charge in [0.1, 0.15) is 5.04 Å². The molecule has 0 spiro atoms. The molecule has 1 atom stereocenters. The largest absolute Gasteiger partial charge is 0.451 e. The van der Waals surface area contributed by atoms with E-state index in [1.54, 1.807) is 12.1 Å². The maximum atomic E-state index is 13.6. The zero-order valence-corrected chi connectivity index (χ0v) is 13.8. The van der Waals surface area contributed by atoms with Crippen LogP contribution in [-0.4, -0.2) is 33.7 Å². The fourth-order valence-electron chi connectivity index (χ4n) is 2.18. The van der Waals surface area contributed by atoms with Crippen LogP contribution in [0, 0.1) is 11.3 Å². The normalized spacial score (nSPS) is 19.5. The molecule has 1 aliphatic rings. The Morgan fingerprint density at radius 2 is 2.00 bits per heavy atom. The lowest BCUT2D eigenvalue weighted by atomic mass is 10.1. The molecule has 9 heteroatoms. The third kappa shape index (κ3) is 3.41. The summed E-state index contributed by atoms with van der Waals surface area (Å²) < 4.78 is 45.7. The number of benzene rings is 1. The van der Waals surface area contributed by atoms with Gasteiger partial charge in [-0.1, -0.05) is 11.8 Å². The average molecular weight is 377 g/mol. The third-order valence-corrected chi connectivity index (χ3v) is 4.69. The molecule has 132 valence electrons. The van der Waals surface area contributed by atoms with Crippen molar-refractivity contribution in [1.82, 2.24) is 4.98 Å². The summed E-state index contributed by atoms with van der Waals surface area (Å²) in [4.78, 5) is 19.7. The summed E-state index contributed by atoms with van der Waals surface area (Å²) >= 11 is 0.842. The lowest BCUT2D eigenvalue weighted by Crippen LogP contribution is -2.48. The molecular formula is C17H10F3N3O2S. The van der Waals surface area contributed by atoms with Crippen LogP contribution in [0.4, 0.5) is 13.2 Å². The van der Waals surface area contributed by atoms with Gasteiger partial charge >= 0.3 is 17.9 Å². The Labute approximate surface area is 150 Å². The lowest BCUT2D eigenvalue weighted by molar-refractivity contribution is -0.245. The van der Waals surface area contributed by atoms with E-state index < -0.39 is 23.6 Å². The molecule has 5 nitrogen and oxygen atoms in total. The minimum atomic E-state index is -4.88. The summed E-state index contributed by atoms with van der Waals surface area (Å²) in [5, 5.41) is 8.84. The van der Waals surface area contributed by atoms with Gasteiger partial charge in [-0.05, 0) is 36.4 Å². The molecule has 1 aliphatic heterocycles. The second-order valence-electron chi connectivity index (χ2n) is 5.31. The van der Waals surface area contributed by atoms with Gasteiger partial charge in [0.2, 0.25) is 0 Å². The first-order valence-corrected chi connectivity index (χ1v) is 8.26. The van der Waals surface area contributed by atoms with Crippen molar-refractivity contribution in [3.8, 4) is 6.07 Å². The molecule has 26 heavy (non-hydrogen) atoms. The Balaban J connectivity index is 1.91. The van der Waals surface area contributed by atoms with Crippen molar-refractivity contribution in [1.29, 1.82) is 5.26 Å². The first-order valence-electron chi connectivity index (χ1n) is 7.28. The molecule has 2 aromatic rings. The van der Waals surface area contributed by atoms with Crippen LogP contribution in [-0.2, 0) is 4.74 Å². The zero-order chi connectivity index (χ0) is 18.8. The van der Waals surface area contributed by atoms with Crippen molar-refractivity contribution in [2.45, 2.75) is 11.9 Å². The van der Waals surface area contributed by atoms with E-state index in [4.69, 9.17) is 10.00 Å². The smallest absolute Gasteiger partial charge is 0.422 e. The highest BCUT2D eigenvalue weighted by atomic mass is 32.2. The van der Waals surface area contributed by atoms with E-state index in [1.807, 2.05) is 6.07 Å². The second kappa shape index (κ2) is 6.80. The minimum Gasteiger partial charge on any atom is -0.422 e. The summed E-state index contributed by atoms with van der Waals surface area (Å²) in [6.45, 7) is 0. The maximum absolute atomic E-state index is 13.6. The number of carbonyl (C=O) groups excluding carboxylic acids is 1. The first kappa shape index (κ1) is 17.9. The number of aliphatic imine (C=N–C) groups is 1. The highest BCUT2D eigenvalue weighted by Crippen LogP contribution is 2.44. The van der Waals surface area contributed by atoms with Crippen molar-refractivity contribution >= 4 is 22.8 Å². The monoisotopic (exact) mass is 377 g/mol. The second-order valence-corrected chi connectivity index (χ2v) is 6.27. The lowest BCUT2D eigenvalue weighted by Gasteiger charge is -2.27. The van der Waals surface area contributed by atoms with E-state index in [1.165, 1.54) is 36.7 Å². The number of nitrogens with zero attached hydrogens (tertiary/aromatic N) is 3. The predicted molar refractivity (Wildman–Crippen MR) is 88.6 cm³/mol. The van der Waals surface area contributed by atoms with Crippen LogP contribution in [0.2, 0.25) is 0 Å².